The molecule has 1 saturated heterocycles. The minimum absolute atomic E-state index is 0.0125. The summed E-state index contributed by atoms with van der Waals surface area (Å²) in [4.78, 5) is 95.5. The minimum atomic E-state index is -0.496. The van der Waals surface area contributed by atoms with Crippen LogP contribution in [0.5, 0.6) is 0 Å². The molecule has 5 N–H and O–H groups in total. The summed E-state index contributed by atoms with van der Waals surface area (Å²) in [7, 11) is 0. The predicted octanol–water partition coefficient (Wildman–Crippen LogP) is -1.03. The number of nitrogens with zero attached hydrogens (tertiary/aromatic N) is 4. The molecule has 2 rings (SSSR count). The Hall–Kier alpha value is -3.71. The second kappa shape index (κ2) is 29.5. The lowest BCUT2D eigenvalue weighted by molar-refractivity contribution is -0.126. The van der Waals surface area contributed by atoms with E-state index < -0.39 is 6.09 Å². The van der Waals surface area contributed by atoms with E-state index in [1.54, 1.807) is 13.8 Å². The summed E-state index contributed by atoms with van der Waals surface area (Å²) in [5, 5.41) is 13.8. The summed E-state index contributed by atoms with van der Waals surface area (Å²) in [5.74, 6) is -0.775. The van der Waals surface area contributed by atoms with Crippen molar-refractivity contribution in [1.29, 1.82) is 0 Å². The fourth-order valence-electron chi connectivity index (χ4n) is 6.26. The van der Waals surface area contributed by atoms with Crippen LogP contribution >= 0.6 is 0 Å². The van der Waals surface area contributed by atoms with Crippen molar-refractivity contribution in [3.05, 3.63) is 0 Å². The molecule has 56 heavy (non-hydrogen) atoms. The number of alkyl carbamates (subject to hydrolysis) is 1. The molecule has 0 atom stereocenters. The van der Waals surface area contributed by atoms with Gasteiger partial charge in [-0.1, -0.05) is 33.1 Å². The summed E-state index contributed by atoms with van der Waals surface area (Å²) in [6.07, 6.45) is 5.84. The van der Waals surface area contributed by atoms with Gasteiger partial charge in [0, 0.05) is 91.4 Å². The molecule has 0 radical (unpaired) electrons. The van der Waals surface area contributed by atoms with Crippen molar-refractivity contribution in [2.24, 2.45) is 5.92 Å². The molecule has 1 heterocycles. The second-order valence-corrected chi connectivity index (χ2v) is 14.4. The van der Waals surface area contributed by atoms with Gasteiger partial charge in [0.1, 0.15) is 0 Å². The molecule has 0 aromatic heterocycles. The zero-order valence-electron chi connectivity index (χ0n) is 34.1. The van der Waals surface area contributed by atoms with E-state index in [1.807, 2.05) is 26.5 Å². The number of ketones is 2. The van der Waals surface area contributed by atoms with Crippen LogP contribution in [0, 0.1) is 5.92 Å². The first-order valence-electron chi connectivity index (χ1n) is 20.5. The van der Waals surface area contributed by atoms with E-state index in [0.29, 0.717) is 97.5 Å². The molecule has 0 aromatic rings. The highest BCUT2D eigenvalue weighted by Crippen LogP contribution is 2.23. The van der Waals surface area contributed by atoms with Crippen LogP contribution in [-0.2, 0) is 38.2 Å². The standard InChI is InChI=1S/C38H69N9O9/c1-4-32(48)24-42-36(52)28-46-19-17-44(26-34(50)39-12-13-41-38(54)56-30-31-10-8-7-9-11-31)15-16-45(27-35(51)40-14-23-55-6-3)18-20-47(22-21-46)29-37(53)43-25-33(49)5-2/h31H,4-30H2,1-3H3,(H,39,50)(H,40,51)(H,41,54)(H,42,52)(H,43,53). The average Bonchev–Trinajstić information content (AvgIpc) is 3.19. The molecule has 1 saturated carbocycles. The van der Waals surface area contributed by atoms with Gasteiger partial charge in [0.25, 0.3) is 0 Å². The van der Waals surface area contributed by atoms with Crippen LogP contribution < -0.4 is 26.6 Å². The lowest BCUT2D eigenvalue weighted by Gasteiger charge is -2.33. The van der Waals surface area contributed by atoms with E-state index in [4.69, 9.17) is 9.47 Å². The SMILES string of the molecule is CCOCCNC(=O)CN1CCN(CC(=O)NCCNC(=O)OCC2CCCCC2)CCN(CC(=O)NCC(=O)CC)CCN(CC(=O)NCC(=O)CC)CC1. The Morgan fingerprint density at radius 3 is 1.32 bits per heavy atom. The molecular formula is C38H69N9O9. The lowest BCUT2D eigenvalue weighted by Crippen LogP contribution is -2.52. The van der Waals surface area contributed by atoms with E-state index in [-0.39, 0.29) is 87.6 Å². The van der Waals surface area contributed by atoms with Crippen LogP contribution in [0.15, 0.2) is 0 Å². The number of Topliss-reactive ketones (excluding diaryl/α,β-unsaturated/α-hetero) is 2. The molecule has 5 amide bonds. The Morgan fingerprint density at radius 1 is 0.518 bits per heavy atom. The Balaban J connectivity index is 2.09. The summed E-state index contributed by atoms with van der Waals surface area (Å²) in [5.41, 5.74) is 0. The van der Waals surface area contributed by atoms with Gasteiger partial charge in [-0.2, -0.15) is 0 Å². The van der Waals surface area contributed by atoms with Crippen molar-refractivity contribution in [2.45, 2.75) is 65.7 Å². The number of carbonyl (C=O) groups is 7. The van der Waals surface area contributed by atoms with E-state index in [2.05, 4.69) is 26.6 Å². The molecule has 0 bridgehead atoms. The number of nitrogens with one attached hydrogen (secondary N) is 5. The molecule has 320 valence electrons. The molecule has 0 aromatic carbocycles. The van der Waals surface area contributed by atoms with Gasteiger partial charge in [-0.25, -0.2) is 4.79 Å². The van der Waals surface area contributed by atoms with Crippen molar-refractivity contribution in [3.63, 3.8) is 0 Å². The van der Waals surface area contributed by atoms with Crippen molar-refractivity contribution in [2.75, 3.05) is 131 Å². The fraction of sp³-hybridized carbons (Fsp3) is 0.816. The second-order valence-electron chi connectivity index (χ2n) is 14.4. The van der Waals surface area contributed by atoms with Gasteiger partial charge in [-0.3, -0.25) is 48.4 Å². The Morgan fingerprint density at radius 2 is 0.911 bits per heavy atom. The summed E-state index contributed by atoms with van der Waals surface area (Å²) in [6.45, 7) is 10.9. The highest BCUT2D eigenvalue weighted by Gasteiger charge is 2.22. The Bertz CT molecular complexity index is 1220. The Kier molecular flexibility index (Phi) is 25.5. The lowest BCUT2D eigenvalue weighted by atomic mass is 9.90. The van der Waals surface area contributed by atoms with Crippen LogP contribution in [0.2, 0.25) is 0 Å². The topological polar surface area (TPSA) is 211 Å². The van der Waals surface area contributed by atoms with Crippen molar-refractivity contribution < 1.29 is 43.0 Å². The van der Waals surface area contributed by atoms with Crippen LogP contribution in [0.3, 0.4) is 0 Å². The van der Waals surface area contributed by atoms with Crippen LogP contribution in [0.25, 0.3) is 0 Å². The highest BCUT2D eigenvalue weighted by molar-refractivity contribution is 5.87. The first-order valence-corrected chi connectivity index (χ1v) is 20.5. The number of hydrogen-bond donors (Lipinski definition) is 5. The van der Waals surface area contributed by atoms with Crippen molar-refractivity contribution >= 4 is 41.3 Å². The third-order valence-electron chi connectivity index (χ3n) is 9.82. The molecule has 18 heteroatoms. The monoisotopic (exact) mass is 796 g/mol. The van der Waals surface area contributed by atoms with Gasteiger partial charge >= 0.3 is 6.09 Å². The highest BCUT2D eigenvalue weighted by atomic mass is 16.5. The van der Waals surface area contributed by atoms with Crippen LogP contribution in [-0.4, -0.2) is 192 Å². The molecule has 2 aliphatic rings. The third-order valence-corrected chi connectivity index (χ3v) is 9.82. The summed E-state index contributed by atoms with van der Waals surface area (Å²) in [6, 6.07) is 0. The minimum Gasteiger partial charge on any atom is -0.449 e. The summed E-state index contributed by atoms with van der Waals surface area (Å²) < 4.78 is 10.7. The largest absolute Gasteiger partial charge is 0.449 e. The van der Waals surface area contributed by atoms with Gasteiger partial charge in [-0.15, -0.1) is 0 Å². The summed E-state index contributed by atoms with van der Waals surface area (Å²) >= 11 is 0. The van der Waals surface area contributed by atoms with Crippen LogP contribution in [0.4, 0.5) is 4.79 Å². The van der Waals surface area contributed by atoms with Gasteiger partial charge in [0.2, 0.25) is 23.6 Å². The van der Waals surface area contributed by atoms with E-state index in [0.717, 1.165) is 12.8 Å². The van der Waals surface area contributed by atoms with Crippen molar-refractivity contribution in [1.82, 2.24) is 46.2 Å². The molecular weight excluding hydrogens is 726 g/mol. The zero-order chi connectivity index (χ0) is 41.0. The number of rotatable bonds is 23. The predicted molar refractivity (Wildman–Crippen MR) is 211 cm³/mol. The van der Waals surface area contributed by atoms with Gasteiger partial charge < -0.3 is 36.1 Å². The quantitative estimate of drug-likeness (QED) is 0.0786. The third kappa shape index (κ3) is 23.4. The molecule has 1 aliphatic heterocycles. The molecule has 18 nitrogen and oxygen atoms in total. The van der Waals surface area contributed by atoms with Gasteiger partial charge in [-0.05, 0) is 25.7 Å². The maximum Gasteiger partial charge on any atom is 0.407 e. The smallest absolute Gasteiger partial charge is 0.407 e. The molecule has 2 fully saturated rings. The zero-order valence-corrected chi connectivity index (χ0v) is 34.1. The molecule has 0 unspecified atom stereocenters. The van der Waals surface area contributed by atoms with E-state index in [1.165, 1.54) is 19.3 Å². The van der Waals surface area contributed by atoms with Crippen molar-refractivity contribution in [3.8, 4) is 0 Å². The van der Waals surface area contributed by atoms with E-state index in [9.17, 15) is 33.6 Å². The van der Waals surface area contributed by atoms with E-state index >= 15 is 0 Å². The first kappa shape index (κ1) is 48.4. The maximum absolute atomic E-state index is 13.1. The fourth-order valence-corrected chi connectivity index (χ4v) is 6.26. The molecule has 0 spiro atoms. The first-order chi connectivity index (χ1) is 27.0. The normalized spacial score (nSPS) is 17.1. The number of hydrogen-bond acceptors (Lipinski definition) is 13. The average molecular weight is 796 g/mol. The number of ether oxygens (including phenoxy) is 2. The molecule has 1 aliphatic carbocycles. The van der Waals surface area contributed by atoms with Gasteiger partial charge in [0.15, 0.2) is 11.6 Å². The number of amides is 5. The van der Waals surface area contributed by atoms with Gasteiger partial charge in [0.05, 0.1) is 52.5 Å². The Labute approximate surface area is 332 Å². The number of carbonyl (C=O) groups excluding carboxylic acids is 7. The van der Waals surface area contributed by atoms with Crippen LogP contribution in [0.1, 0.15) is 65.7 Å². The maximum atomic E-state index is 13.1.